The van der Waals surface area contributed by atoms with Crippen LogP contribution in [-0.4, -0.2) is 50.0 Å². The summed E-state index contributed by atoms with van der Waals surface area (Å²) >= 11 is 0. The Balaban J connectivity index is 2.41. The van der Waals surface area contributed by atoms with Crippen LogP contribution < -0.4 is 10.5 Å². The van der Waals surface area contributed by atoms with Gasteiger partial charge in [0.15, 0.2) is 0 Å². The van der Waals surface area contributed by atoms with E-state index in [9.17, 15) is 18.3 Å². The smallest absolute Gasteiger partial charge is 0.243 e. The van der Waals surface area contributed by atoms with Crippen LogP contribution in [0.2, 0.25) is 0 Å². The second kappa shape index (κ2) is 12.3. The number of primary amides is 1. The van der Waals surface area contributed by atoms with Gasteiger partial charge in [-0.05, 0) is 48.1 Å². The summed E-state index contributed by atoms with van der Waals surface area (Å²) in [6, 6.07) is 15.7. The standard InChI is InChI=1S/C26H38N2O5S/c1-18(2)16-28(34(31,32)22-13-11-21(33-5)12-14-22)17-24(29)23(25(19(3)4)26(27)30)15-20-9-7-6-8-10-20/h6-14,18-19,23-25,29H,15-17H2,1-5H3,(H2,27,30)/t23-,24+,25?/m1/s1. The molecule has 2 rings (SSSR count). The van der Waals surface area contributed by atoms with Crippen molar-refractivity contribution in [1.82, 2.24) is 4.31 Å². The van der Waals surface area contributed by atoms with E-state index in [1.807, 2.05) is 58.0 Å². The van der Waals surface area contributed by atoms with E-state index >= 15 is 0 Å². The minimum atomic E-state index is -3.89. The molecule has 2 aromatic carbocycles. The molecule has 0 aromatic heterocycles. The molecule has 2 aromatic rings. The maximum Gasteiger partial charge on any atom is 0.243 e. The third kappa shape index (κ3) is 7.29. The van der Waals surface area contributed by atoms with Crippen LogP contribution in [0.3, 0.4) is 0 Å². The van der Waals surface area contributed by atoms with Crippen molar-refractivity contribution >= 4 is 15.9 Å². The second-order valence-electron chi connectivity index (χ2n) is 9.48. The minimum Gasteiger partial charge on any atom is -0.497 e. The first-order valence-electron chi connectivity index (χ1n) is 11.6. The van der Waals surface area contributed by atoms with Crippen LogP contribution in [0.1, 0.15) is 33.3 Å². The fourth-order valence-corrected chi connectivity index (χ4v) is 5.96. The zero-order chi connectivity index (χ0) is 25.5. The maximum absolute atomic E-state index is 13.5. The third-order valence-electron chi connectivity index (χ3n) is 5.97. The van der Waals surface area contributed by atoms with Crippen molar-refractivity contribution in [3.05, 3.63) is 60.2 Å². The zero-order valence-corrected chi connectivity index (χ0v) is 21.5. The van der Waals surface area contributed by atoms with Crippen molar-refractivity contribution in [2.45, 2.75) is 45.1 Å². The number of carbonyl (C=O) groups excluding carboxylic acids is 1. The average molecular weight is 491 g/mol. The van der Waals surface area contributed by atoms with Crippen molar-refractivity contribution in [2.24, 2.45) is 29.4 Å². The molecule has 34 heavy (non-hydrogen) atoms. The number of nitrogens with zero attached hydrogens (tertiary/aromatic N) is 1. The molecule has 0 radical (unpaired) electrons. The van der Waals surface area contributed by atoms with E-state index in [-0.39, 0.29) is 29.8 Å². The van der Waals surface area contributed by atoms with Gasteiger partial charge in [-0.25, -0.2) is 8.42 Å². The van der Waals surface area contributed by atoms with Crippen molar-refractivity contribution in [3.63, 3.8) is 0 Å². The Morgan fingerprint density at radius 3 is 2.06 bits per heavy atom. The molecule has 188 valence electrons. The SMILES string of the molecule is COc1ccc(S(=O)(=O)N(CC(C)C)C[C@H](O)[C@@H](Cc2ccccc2)C(C(N)=O)C(C)C)cc1. The van der Waals surface area contributed by atoms with Crippen LogP contribution in [0.4, 0.5) is 0 Å². The van der Waals surface area contributed by atoms with Crippen molar-refractivity contribution in [3.8, 4) is 5.75 Å². The van der Waals surface area contributed by atoms with Crippen LogP contribution in [0.15, 0.2) is 59.5 Å². The summed E-state index contributed by atoms with van der Waals surface area (Å²) in [5.41, 5.74) is 6.70. The predicted molar refractivity (Wildman–Crippen MR) is 134 cm³/mol. The Kier molecular flexibility index (Phi) is 10.1. The monoisotopic (exact) mass is 490 g/mol. The molecule has 0 bridgehead atoms. The lowest BCUT2D eigenvalue weighted by atomic mass is 9.76. The van der Waals surface area contributed by atoms with Crippen LogP contribution >= 0.6 is 0 Å². The lowest BCUT2D eigenvalue weighted by Crippen LogP contribution is -2.47. The number of hydrogen-bond acceptors (Lipinski definition) is 5. The number of amides is 1. The van der Waals surface area contributed by atoms with Gasteiger partial charge in [0.2, 0.25) is 15.9 Å². The van der Waals surface area contributed by atoms with Crippen molar-refractivity contribution in [1.29, 1.82) is 0 Å². The van der Waals surface area contributed by atoms with Crippen molar-refractivity contribution in [2.75, 3.05) is 20.2 Å². The Morgan fingerprint density at radius 1 is 1.00 bits per heavy atom. The first kappa shape index (κ1) is 27.8. The topological polar surface area (TPSA) is 110 Å². The van der Waals surface area contributed by atoms with Crippen molar-refractivity contribution < 1.29 is 23.1 Å². The second-order valence-corrected chi connectivity index (χ2v) is 11.4. The Bertz CT molecular complexity index is 1010. The summed E-state index contributed by atoms with van der Waals surface area (Å²) in [6.45, 7) is 7.71. The molecule has 0 aliphatic rings. The van der Waals surface area contributed by atoms with Gasteiger partial charge in [0.05, 0.1) is 18.1 Å². The highest BCUT2D eigenvalue weighted by molar-refractivity contribution is 7.89. The van der Waals surface area contributed by atoms with Gasteiger partial charge < -0.3 is 15.6 Å². The number of benzene rings is 2. The van der Waals surface area contributed by atoms with Gasteiger partial charge in [0, 0.05) is 24.9 Å². The van der Waals surface area contributed by atoms with Crippen LogP contribution in [0.25, 0.3) is 0 Å². The summed E-state index contributed by atoms with van der Waals surface area (Å²) in [5, 5.41) is 11.4. The summed E-state index contributed by atoms with van der Waals surface area (Å²) in [6.07, 6.45) is -0.682. The van der Waals surface area contributed by atoms with E-state index in [0.717, 1.165) is 5.56 Å². The number of hydrogen-bond donors (Lipinski definition) is 2. The Morgan fingerprint density at radius 2 is 1.59 bits per heavy atom. The molecular formula is C26H38N2O5S. The van der Waals surface area contributed by atoms with Gasteiger partial charge in [0.25, 0.3) is 0 Å². The first-order valence-corrected chi connectivity index (χ1v) is 13.1. The van der Waals surface area contributed by atoms with Gasteiger partial charge in [-0.1, -0.05) is 58.0 Å². The predicted octanol–water partition coefficient (Wildman–Crippen LogP) is 3.32. The summed E-state index contributed by atoms with van der Waals surface area (Å²) in [4.78, 5) is 12.5. The molecule has 8 heteroatoms. The minimum absolute atomic E-state index is 0.0323. The van der Waals surface area contributed by atoms with Crippen LogP contribution in [0, 0.1) is 23.7 Å². The van der Waals surface area contributed by atoms with Crippen LogP contribution in [-0.2, 0) is 21.2 Å². The summed E-state index contributed by atoms with van der Waals surface area (Å²) in [5.74, 6) is -1.18. The van der Waals surface area contributed by atoms with Crippen LogP contribution in [0.5, 0.6) is 5.75 Å². The number of aliphatic hydroxyl groups excluding tert-OH is 1. The van der Waals surface area contributed by atoms with Gasteiger partial charge in [-0.3, -0.25) is 4.79 Å². The van der Waals surface area contributed by atoms with Gasteiger partial charge in [-0.2, -0.15) is 4.31 Å². The average Bonchev–Trinajstić information content (AvgIpc) is 2.78. The summed E-state index contributed by atoms with van der Waals surface area (Å²) < 4.78 is 33.5. The molecule has 0 heterocycles. The molecule has 3 atom stereocenters. The van der Waals surface area contributed by atoms with E-state index in [1.54, 1.807) is 12.1 Å². The van der Waals surface area contributed by atoms with Gasteiger partial charge >= 0.3 is 0 Å². The number of nitrogens with two attached hydrogens (primary N) is 1. The molecule has 0 aliphatic carbocycles. The number of rotatable bonds is 13. The van der Waals surface area contributed by atoms with Gasteiger partial charge in [0.1, 0.15) is 5.75 Å². The molecule has 1 amide bonds. The van der Waals surface area contributed by atoms with E-state index in [2.05, 4.69) is 0 Å². The fraction of sp³-hybridized carbons (Fsp3) is 0.500. The normalized spacial score (nSPS) is 14.9. The largest absolute Gasteiger partial charge is 0.497 e. The maximum atomic E-state index is 13.5. The number of ether oxygens (including phenoxy) is 1. The highest BCUT2D eigenvalue weighted by Crippen LogP contribution is 2.30. The summed E-state index contributed by atoms with van der Waals surface area (Å²) in [7, 11) is -2.37. The molecular weight excluding hydrogens is 452 g/mol. The highest BCUT2D eigenvalue weighted by atomic mass is 32.2. The number of sulfonamides is 1. The molecule has 0 spiro atoms. The third-order valence-corrected chi connectivity index (χ3v) is 7.82. The molecule has 7 nitrogen and oxygen atoms in total. The Labute approximate surface area is 204 Å². The Hall–Kier alpha value is -2.42. The zero-order valence-electron chi connectivity index (χ0n) is 20.7. The molecule has 0 saturated heterocycles. The highest BCUT2D eigenvalue weighted by Gasteiger charge is 2.37. The quantitative estimate of drug-likeness (QED) is 0.448. The molecule has 0 saturated carbocycles. The molecule has 3 N–H and O–H groups in total. The van der Waals surface area contributed by atoms with E-state index < -0.39 is 33.9 Å². The lowest BCUT2D eigenvalue weighted by molar-refractivity contribution is -0.127. The first-order chi connectivity index (χ1) is 16.0. The fourth-order valence-electron chi connectivity index (χ4n) is 4.34. The number of methoxy groups -OCH3 is 1. The number of carbonyl (C=O) groups is 1. The van der Waals surface area contributed by atoms with E-state index in [4.69, 9.17) is 10.5 Å². The van der Waals surface area contributed by atoms with E-state index in [0.29, 0.717) is 12.2 Å². The van der Waals surface area contributed by atoms with Gasteiger partial charge in [-0.15, -0.1) is 0 Å². The van der Waals surface area contributed by atoms with E-state index in [1.165, 1.54) is 23.5 Å². The molecule has 0 fully saturated rings. The molecule has 0 aliphatic heterocycles. The lowest BCUT2D eigenvalue weighted by Gasteiger charge is -2.35. The molecule has 1 unspecified atom stereocenters. The number of aliphatic hydroxyl groups is 1.